The minimum Gasteiger partial charge on any atom is -0.453 e. The summed E-state index contributed by atoms with van der Waals surface area (Å²) in [5, 5.41) is 7.27. The fourth-order valence-corrected chi connectivity index (χ4v) is 2.89. The number of amides is 1. The largest absolute Gasteiger partial charge is 0.453 e. The molecule has 25 heavy (non-hydrogen) atoms. The van der Waals surface area contributed by atoms with Gasteiger partial charge < -0.3 is 10.1 Å². The lowest BCUT2D eigenvalue weighted by atomic mass is 10.1. The molecule has 1 atom stereocenters. The number of carbonyl (C=O) groups excluding carboxylic acids is 2. The van der Waals surface area contributed by atoms with Crippen LogP contribution in [0.5, 0.6) is 0 Å². The number of aryl methyl sites for hydroxylation is 3. The van der Waals surface area contributed by atoms with Crippen LogP contribution in [0.25, 0.3) is 5.65 Å². The number of ether oxygens (including phenoxy) is 1. The topological polar surface area (TPSA) is 85.6 Å². The van der Waals surface area contributed by atoms with E-state index < -0.39 is 6.10 Å². The summed E-state index contributed by atoms with van der Waals surface area (Å²) in [6, 6.07) is 2.19. The van der Waals surface area contributed by atoms with Crippen LogP contribution in [0.3, 0.4) is 0 Å². The van der Waals surface area contributed by atoms with Crippen LogP contribution in [0.15, 0.2) is 6.07 Å². The van der Waals surface area contributed by atoms with Gasteiger partial charge in [0.25, 0.3) is 5.91 Å². The van der Waals surface area contributed by atoms with Crippen molar-refractivity contribution in [2.75, 3.05) is 0 Å². The molecule has 0 radical (unpaired) electrons. The van der Waals surface area contributed by atoms with E-state index in [2.05, 4.69) is 15.4 Å². The van der Waals surface area contributed by atoms with Crippen LogP contribution in [0.4, 0.5) is 0 Å². The van der Waals surface area contributed by atoms with Gasteiger partial charge in [0.1, 0.15) is 0 Å². The number of nitrogens with one attached hydrogen (secondary N) is 1. The summed E-state index contributed by atoms with van der Waals surface area (Å²) in [4.78, 5) is 28.5. The van der Waals surface area contributed by atoms with E-state index >= 15 is 0 Å². The third-order valence-electron chi connectivity index (χ3n) is 4.47. The highest BCUT2D eigenvalue weighted by Gasteiger charge is 2.27. The van der Waals surface area contributed by atoms with E-state index in [1.807, 2.05) is 26.8 Å². The summed E-state index contributed by atoms with van der Waals surface area (Å²) < 4.78 is 7.04. The van der Waals surface area contributed by atoms with Gasteiger partial charge in [0, 0.05) is 29.9 Å². The first-order valence-corrected chi connectivity index (χ1v) is 8.67. The van der Waals surface area contributed by atoms with Crippen molar-refractivity contribution in [3.05, 3.63) is 28.7 Å². The summed E-state index contributed by atoms with van der Waals surface area (Å²) in [7, 11) is 0. The van der Waals surface area contributed by atoms with Gasteiger partial charge in [-0.25, -0.2) is 9.50 Å². The van der Waals surface area contributed by atoms with Crippen LogP contribution in [0.1, 0.15) is 48.8 Å². The highest BCUT2D eigenvalue weighted by atomic mass is 16.5. The maximum atomic E-state index is 12.1. The van der Waals surface area contributed by atoms with Crippen LogP contribution in [0, 0.1) is 20.8 Å². The molecular formula is C18H24N4O3. The van der Waals surface area contributed by atoms with E-state index in [1.54, 1.807) is 11.4 Å². The second kappa shape index (κ2) is 6.82. The first kappa shape index (κ1) is 17.4. The Balaban J connectivity index is 1.61. The lowest BCUT2D eigenvalue weighted by Gasteiger charge is -2.14. The Kier molecular flexibility index (Phi) is 4.74. The molecule has 0 spiro atoms. The van der Waals surface area contributed by atoms with E-state index in [1.165, 1.54) is 0 Å². The summed E-state index contributed by atoms with van der Waals surface area (Å²) in [5.41, 5.74) is 4.56. The van der Waals surface area contributed by atoms with Gasteiger partial charge in [-0.15, -0.1) is 0 Å². The number of rotatable bonds is 6. The van der Waals surface area contributed by atoms with Crippen molar-refractivity contribution in [1.82, 2.24) is 19.9 Å². The van der Waals surface area contributed by atoms with Crippen molar-refractivity contribution in [3.63, 3.8) is 0 Å². The van der Waals surface area contributed by atoms with Gasteiger partial charge in [0.15, 0.2) is 11.8 Å². The van der Waals surface area contributed by atoms with Crippen molar-refractivity contribution in [1.29, 1.82) is 0 Å². The molecule has 7 nitrogen and oxygen atoms in total. The van der Waals surface area contributed by atoms with Gasteiger partial charge in [-0.1, -0.05) is 0 Å². The van der Waals surface area contributed by atoms with Crippen molar-refractivity contribution >= 4 is 17.5 Å². The molecule has 1 amide bonds. The summed E-state index contributed by atoms with van der Waals surface area (Å²) in [5.74, 6) is -0.604. The Morgan fingerprint density at radius 2 is 2.08 bits per heavy atom. The van der Waals surface area contributed by atoms with Gasteiger partial charge in [-0.05, 0) is 52.5 Å². The molecule has 1 aliphatic carbocycles. The highest BCUT2D eigenvalue weighted by Crippen LogP contribution is 2.19. The Bertz CT molecular complexity index is 823. The normalized spacial score (nSPS) is 15.2. The van der Waals surface area contributed by atoms with Crippen molar-refractivity contribution in [3.8, 4) is 0 Å². The average molecular weight is 344 g/mol. The molecule has 1 fully saturated rings. The minimum absolute atomic E-state index is 0.205. The zero-order valence-corrected chi connectivity index (χ0v) is 15.1. The van der Waals surface area contributed by atoms with Crippen LogP contribution in [0.2, 0.25) is 0 Å². The molecular weight excluding hydrogens is 320 g/mol. The smallest absolute Gasteiger partial charge is 0.306 e. The molecule has 7 heteroatoms. The first-order chi connectivity index (χ1) is 11.8. The molecule has 134 valence electrons. The van der Waals surface area contributed by atoms with E-state index in [-0.39, 0.29) is 24.3 Å². The lowest BCUT2D eigenvalue weighted by molar-refractivity contribution is -0.154. The Morgan fingerprint density at radius 3 is 2.76 bits per heavy atom. The SMILES string of the molecule is Cc1cc2nc(C)c(CCC(=O)O[C@@H](C)C(=O)NC3CC3)c(C)n2n1. The van der Waals surface area contributed by atoms with Gasteiger partial charge in [-0.3, -0.25) is 9.59 Å². The van der Waals surface area contributed by atoms with Gasteiger partial charge in [0.05, 0.1) is 5.69 Å². The number of aromatic nitrogens is 3. The van der Waals surface area contributed by atoms with Crippen LogP contribution in [-0.2, 0) is 20.7 Å². The standard InChI is InChI=1S/C18H24N4O3/c1-10-9-16-19-11(2)15(12(3)22(16)21-10)7-8-17(23)25-13(4)18(24)20-14-5-6-14/h9,13-14H,5-8H2,1-4H3,(H,20,24)/t13-/m0/s1. The van der Waals surface area contributed by atoms with Crippen LogP contribution in [-0.4, -0.2) is 38.6 Å². The first-order valence-electron chi connectivity index (χ1n) is 8.67. The van der Waals surface area contributed by atoms with Crippen LogP contribution < -0.4 is 5.32 Å². The molecule has 1 N–H and O–H groups in total. The van der Waals surface area contributed by atoms with Crippen molar-refractivity contribution < 1.29 is 14.3 Å². The fraction of sp³-hybridized carbons (Fsp3) is 0.556. The molecule has 0 saturated heterocycles. The van der Waals surface area contributed by atoms with E-state index in [0.717, 1.165) is 41.1 Å². The molecule has 0 aliphatic heterocycles. The number of esters is 1. The predicted octanol–water partition coefficient (Wildman–Crippen LogP) is 1.80. The Hall–Kier alpha value is -2.44. The number of hydrogen-bond donors (Lipinski definition) is 1. The summed E-state index contributed by atoms with van der Waals surface area (Å²) in [6.45, 7) is 7.43. The predicted molar refractivity (Wildman–Crippen MR) is 92.2 cm³/mol. The average Bonchev–Trinajstić information content (AvgIpc) is 3.27. The summed E-state index contributed by atoms with van der Waals surface area (Å²) in [6.07, 6.45) is 1.97. The van der Waals surface area contributed by atoms with E-state index in [9.17, 15) is 9.59 Å². The third kappa shape index (κ3) is 3.97. The zero-order valence-electron chi connectivity index (χ0n) is 15.1. The van der Waals surface area contributed by atoms with Gasteiger partial charge in [0.2, 0.25) is 0 Å². The lowest BCUT2D eigenvalue weighted by Crippen LogP contribution is -2.37. The quantitative estimate of drug-likeness (QED) is 0.808. The van der Waals surface area contributed by atoms with E-state index in [0.29, 0.717) is 6.42 Å². The van der Waals surface area contributed by atoms with Gasteiger partial charge >= 0.3 is 5.97 Å². The van der Waals surface area contributed by atoms with Crippen LogP contribution >= 0.6 is 0 Å². The van der Waals surface area contributed by atoms with E-state index in [4.69, 9.17) is 4.74 Å². The zero-order chi connectivity index (χ0) is 18.1. The number of carbonyl (C=O) groups is 2. The second-order valence-corrected chi connectivity index (χ2v) is 6.73. The molecule has 2 aromatic heterocycles. The third-order valence-corrected chi connectivity index (χ3v) is 4.47. The maximum absolute atomic E-state index is 12.1. The second-order valence-electron chi connectivity index (χ2n) is 6.73. The fourth-order valence-electron chi connectivity index (χ4n) is 2.89. The molecule has 0 bridgehead atoms. The molecule has 0 unspecified atom stereocenters. The monoisotopic (exact) mass is 344 g/mol. The number of hydrogen-bond acceptors (Lipinski definition) is 5. The molecule has 3 rings (SSSR count). The Labute approximate surface area is 146 Å². The van der Waals surface area contributed by atoms with Gasteiger partial charge in [-0.2, -0.15) is 5.10 Å². The van der Waals surface area contributed by atoms with Crippen molar-refractivity contribution in [2.24, 2.45) is 0 Å². The Morgan fingerprint density at radius 1 is 1.36 bits per heavy atom. The minimum atomic E-state index is -0.760. The summed E-state index contributed by atoms with van der Waals surface area (Å²) >= 11 is 0. The van der Waals surface area contributed by atoms with Crippen molar-refractivity contribution in [2.45, 2.75) is 65.5 Å². The number of fused-ring (bicyclic) bond motifs is 1. The molecule has 0 aromatic carbocycles. The number of nitrogens with zero attached hydrogens (tertiary/aromatic N) is 3. The molecule has 1 aliphatic rings. The molecule has 2 aromatic rings. The molecule has 1 saturated carbocycles. The highest BCUT2D eigenvalue weighted by molar-refractivity contribution is 5.83. The molecule has 2 heterocycles. The maximum Gasteiger partial charge on any atom is 0.306 e.